The highest BCUT2D eigenvalue weighted by Gasteiger charge is 2.35. The number of benzene rings is 1. The standard InChI is InChI=1S/C20H22F3N3O4/c1-11-8-13(9-15(25-11)26-18(28)19(2,3)29)17(27)24-10-12-6-5-7-14(16(12)30-4)20(21,22)23/h5-9,29H,10H2,1-4H3,(H,24,27)(H,25,26,28). The third kappa shape index (κ3) is 5.69. The molecule has 2 rings (SSSR count). The summed E-state index contributed by atoms with van der Waals surface area (Å²) in [7, 11) is 1.12. The first-order chi connectivity index (χ1) is 13.8. The number of pyridine rings is 1. The lowest BCUT2D eigenvalue weighted by atomic mass is 10.1. The van der Waals surface area contributed by atoms with Gasteiger partial charge in [-0.2, -0.15) is 13.2 Å². The van der Waals surface area contributed by atoms with Gasteiger partial charge in [-0.15, -0.1) is 0 Å². The molecule has 0 saturated heterocycles. The maximum Gasteiger partial charge on any atom is 0.419 e. The van der Waals surface area contributed by atoms with Crippen molar-refractivity contribution in [3.05, 3.63) is 52.7 Å². The van der Waals surface area contributed by atoms with Gasteiger partial charge in [-0.05, 0) is 39.0 Å². The van der Waals surface area contributed by atoms with Gasteiger partial charge in [-0.1, -0.05) is 12.1 Å². The van der Waals surface area contributed by atoms with Gasteiger partial charge in [0.05, 0.1) is 12.7 Å². The van der Waals surface area contributed by atoms with Gasteiger partial charge in [-0.25, -0.2) is 4.98 Å². The van der Waals surface area contributed by atoms with Gasteiger partial charge in [0.1, 0.15) is 17.2 Å². The minimum absolute atomic E-state index is 0.0592. The van der Waals surface area contributed by atoms with E-state index in [4.69, 9.17) is 4.74 Å². The summed E-state index contributed by atoms with van der Waals surface area (Å²) in [6.45, 7) is 3.99. The number of nitrogens with zero attached hydrogens (tertiary/aromatic N) is 1. The number of halogens is 3. The molecule has 0 radical (unpaired) electrons. The molecule has 2 amide bonds. The van der Waals surface area contributed by atoms with Crippen LogP contribution in [0.5, 0.6) is 5.75 Å². The first kappa shape index (κ1) is 23.1. The highest BCUT2D eigenvalue weighted by Crippen LogP contribution is 2.38. The smallest absolute Gasteiger partial charge is 0.419 e. The highest BCUT2D eigenvalue weighted by molar-refractivity contribution is 5.98. The van der Waals surface area contributed by atoms with Crippen LogP contribution in [0.3, 0.4) is 0 Å². The molecule has 1 aromatic carbocycles. The average molecular weight is 425 g/mol. The number of aryl methyl sites for hydroxylation is 1. The molecule has 1 heterocycles. The van der Waals surface area contributed by atoms with Crippen LogP contribution in [0.2, 0.25) is 0 Å². The Hall–Kier alpha value is -3.14. The van der Waals surface area contributed by atoms with Gasteiger partial charge >= 0.3 is 6.18 Å². The Labute approximate surface area is 171 Å². The maximum absolute atomic E-state index is 13.1. The number of aliphatic hydroxyl groups is 1. The van der Waals surface area contributed by atoms with Crippen molar-refractivity contribution in [1.82, 2.24) is 10.3 Å². The molecule has 0 aliphatic carbocycles. The van der Waals surface area contributed by atoms with Gasteiger partial charge in [0, 0.05) is 23.4 Å². The van der Waals surface area contributed by atoms with Crippen molar-refractivity contribution in [2.24, 2.45) is 0 Å². The molecule has 1 aromatic heterocycles. The number of para-hydroxylation sites is 1. The van der Waals surface area contributed by atoms with Crippen LogP contribution in [-0.2, 0) is 17.5 Å². The van der Waals surface area contributed by atoms with Crippen LogP contribution < -0.4 is 15.4 Å². The van der Waals surface area contributed by atoms with Crippen molar-refractivity contribution in [3.8, 4) is 5.75 Å². The number of nitrogens with one attached hydrogen (secondary N) is 2. The number of aromatic nitrogens is 1. The molecule has 162 valence electrons. The molecule has 0 fully saturated rings. The first-order valence-electron chi connectivity index (χ1n) is 8.86. The zero-order valence-corrected chi connectivity index (χ0v) is 16.8. The number of methoxy groups -OCH3 is 1. The molecule has 0 bridgehead atoms. The predicted octanol–water partition coefficient (Wildman–Crippen LogP) is 3.06. The van der Waals surface area contributed by atoms with Gasteiger partial charge < -0.3 is 20.5 Å². The van der Waals surface area contributed by atoms with Crippen LogP contribution in [0.15, 0.2) is 30.3 Å². The van der Waals surface area contributed by atoms with E-state index >= 15 is 0 Å². The van der Waals surface area contributed by atoms with Crippen molar-refractivity contribution < 1.29 is 32.6 Å². The monoisotopic (exact) mass is 425 g/mol. The Morgan fingerprint density at radius 2 is 1.87 bits per heavy atom. The number of carbonyl (C=O) groups excluding carboxylic acids is 2. The Morgan fingerprint density at radius 3 is 2.43 bits per heavy atom. The van der Waals surface area contributed by atoms with Gasteiger partial charge in [0.15, 0.2) is 0 Å². The molecule has 0 unspecified atom stereocenters. The van der Waals surface area contributed by atoms with E-state index in [1.54, 1.807) is 6.92 Å². The molecule has 10 heteroatoms. The van der Waals surface area contributed by atoms with Gasteiger partial charge in [0.2, 0.25) is 0 Å². The zero-order chi connectivity index (χ0) is 22.7. The molecule has 0 atom stereocenters. The second kappa shape index (κ2) is 8.70. The summed E-state index contributed by atoms with van der Waals surface area (Å²) >= 11 is 0. The van der Waals surface area contributed by atoms with E-state index < -0.39 is 29.2 Å². The average Bonchev–Trinajstić information content (AvgIpc) is 2.63. The fraction of sp³-hybridized carbons (Fsp3) is 0.350. The van der Waals surface area contributed by atoms with Crippen LogP contribution in [-0.4, -0.2) is 34.6 Å². The van der Waals surface area contributed by atoms with Crippen molar-refractivity contribution in [2.75, 3.05) is 12.4 Å². The van der Waals surface area contributed by atoms with E-state index in [0.717, 1.165) is 13.2 Å². The third-order valence-corrected chi connectivity index (χ3v) is 4.06. The minimum atomic E-state index is -4.60. The second-order valence-corrected chi connectivity index (χ2v) is 7.07. The predicted molar refractivity (Wildman–Crippen MR) is 103 cm³/mol. The molecular weight excluding hydrogens is 403 g/mol. The first-order valence-corrected chi connectivity index (χ1v) is 8.86. The zero-order valence-electron chi connectivity index (χ0n) is 16.8. The number of anilines is 1. The molecule has 30 heavy (non-hydrogen) atoms. The fourth-order valence-electron chi connectivity index (χ4n) is 2.60. The normalized spacial score (nSPS) is 11.7. The van der Waals surface area contributed by atoms with Gasteiger partial charge in [0.25, 0.3) is 11.8 Å². The largest absolute Gasteiger partial charge is 0.496 e. The molecule has 0 saturated carbocycles. The summed E-state index contributed by atoms with van der Waals surface area (Å²) in [6, 6.07) is 6.30. The lowest BCUT2D eigenvalue weighted by Gasteiger charge is -2.17. The van der Waals surface area contributed by atoms with Crippen LogP contribution >= 0.6 is 0 Å². The summed E-state index contributed by atoms with van der Waals surface area (Å²) in [5.74, 6) is -1.60. The van der Waals surface area contributed by atoms with E-state index in [-0.39, 0.29) is 29.2 Å². The number of amides is 2. The van der Waals surface area contributed by atoms with Crippen LogP contribution in [0.25, 0.3) is 0 Å². The summed E-state index contributed by atoms with van der Waals surface area (Å²) in [6.07, 6.45) is -4.60. The fourth-order valence-corrected chi connectivity index (χ4v) is 2.60. The molecule has 0 spiro atoms. The number of alkyl halides is 3. The number of ether oxygens (including phenoxy) is 1. The molecule has 0 aliphatic rings. The van der Waals surface area contributed by atoms with Crippen molar-refractivity contribution in [2.45, 2.75) is 39.1 Å². The van der Waals surface area contributed by atoms with Crippen molar-refractivity contribution in [3.63, 3.8) is 0 Å². The van der Waals surface area contributed by atoms with Crippen molar-refractivity contribution >= 4 is 17.6 Å². The summed E-state index contributed by atoms with van der Waals surface area (Å²) in [4.78, 5) is 28.5. The SMILES string of the molecule is COc1c(CNC(=O)c2cc(C)nc(NC(=O)C(C)(C)O)c2)cccc1C(F)(F)F. The van der Waals surface area contributed by atoms with E-state index in [2.05, 4.69) is 15.6 Å². The number of hydrogen-bond acceptors (Lipinski definition) is 5. The van der Waals surface area contributed by atoms with Crippen LogP contribution in [0, 0.1) is 6.92 Å². The topological polar surface area (TPSA) is 101 Å². The molecule has 7 nitrogen and oxygen atoms in total. The quantitative estimate of drug-likeness (QED) is 0.661. The summed E-state index contributed by atoms with van der Waals surface area (Å²) in [5.41, 5.74) is -1.87. The molecule has 0 aliphatic heterocycles. The van der Waals surface area contributed by atoms with E-state index in [9.17, 15) is 27.9 Å². The maximum atomic E-state index is 13.1. The Bertz CT molecular complexity index is 953. The Balaban J connectivity index is 2.21. The second-order valence-electron chi connectivity index (χ2n) is 7.07. The Morgan fingerprint density at radius 1 is 1.20 bits per heavy atom. The Kier molecular flexibility index (Phi) is 6.71. The number of carbonyl (C=O) groups is 2. The summed E-state index contributed by atoms with van der Waals surface area (Å²) < 4.78 is 44.3. The lowest BCUT2D eigenvalue weighted by Crippen LogP contribution is -2.37. The molecular formula is C20H22F3N3O4. The molecule has 3 N–H and O–H groups in total. The minimum Gasteiger partial charge on any atom is -0.496 e. The van der Waals surface area contributed by atoms with Crippen LogP contribution in [0.4, 0.5) is 19.0 Å². The lowest BCUT2D eigenvalue weighted by molar-refractivity contribution is -0.138. The molecule has 2 aromatic rings. The summed E-state index contributed by atoms with van der Waals surface area (Å²) in [5, 5.41) is 14.7. The van der Waals surface area contributed by atoms with Crippen LogP contribution in [0.1, 0.15) is 41.0 Å². The van der Waals surface area contributed by atoms with E-state index in [1.165, 1.54) is 38.1 Å². The van der Waals surface area contributed by atoms with E-state index in [0.29, 0.717) is 5.69 Å². The highest BCUT2D eigenvalue weighted by atomic mass is 19.4. The third-order valence-electron chi connectivity index (χ3n) is 4.06. The number of hydrogen-bond donors (Lipinski definition) is 3. The van der Waals surface area contributed by atoms with Crippen molar-refractivity contribution in [1.29, 1.82) is 0 Å². The van der Waals surface area contributed by atoms with E-state index in [1.807, 2.05) is 0 Å². The van der Waals surface area contributed by atoms with Gasteiger partial charge in [-0.3, -0.25) is 9.59 Å². The number of rotatable bonds is 6.